The smallest absolute Gasteiger partial charge is 0.406 e. The van der Waals surface area contributed by atoms with E-state index in [2.05, 4.69) is 25.0 Å². The van der Waals surface area contributed by atoms with E-state index in [4.69, 9.17) is 5.73 Å². The zero-order valence-corrected chi connectivity index (χ0v) is 16.7. The monoisotopic (exact) mass is 421 g/mol. The summed E-state index contributed by atoms with van der Waals surface area (Å²) in [4.78, 5) is 23.9. The standard InChI is InChI=1S/C20H22F3N5O2/c1-11-13-8-12(30-20(21,22)23)4-5-14(13)28-17(11)15-9-25-10-16(27-15)18(29)26-7-6-19(2,3)24/h4-5,8-10,28H,6-7,24H2,1-3H3,(H,26,29). The SMILES string of the molecule is Cc1c(-c2cncc(C(=O)NCCC(C)(C)N)n2)[nH]c2ccc(OC(F)(F)F)cc12. The van der Waals surface area contributed by atoms with Gasteiger partial charge in [-0.15, -0.1) is 13.2 Å². The number of carbonyl (C=O) groups excluding carboxylic acids is 1. The zero-order valence-electron chi connectivity index (χ0n) is 16.7. The Hall–Kier alpha value is -3.14. The minimum atomic E-state index is -4.77. The fourth-order valence-corrected chi connectivity index (χ4v) is 2.94. The van der Waals surface area contributed by atoms with Crippen molar-refractivity contribution in [2.75, 3.05) is 6.54 Å². The Morgan fingerprint density at radius 3 is 2.67 bits per heavy atom. The first-order valence-corrected chi connectivity index (χ1v) is 9.20. The lowest BCUT2D eigenvalue weighted by Gasteiger charge is -2.18. The van der Waals surface area contributed by atoms with Gasteiger partial charge in [-0.25, -0.2) is 4.98 Å². The number of alkyl halides is 3. The number of aryl methyl sites for hydroxylation is 1. The van der Waals surface area contributed by atoms with E-state index in [0.29, 0.717) is 40.8 Å². The molecule has 3 aromatic rings. The second-order valence-corrected chi connectivity index (χ2v) is 7.66. The predicted octanol–water partition coefficient (Wildman–Crippen LogP) is 3.69. The van der Waals surface area contributed by atoms with Crippen molar-refractivity contribution in [1.29, 1.82) is 0 Å². The molecule has 160 valence electrons. The molecule has 0 aliphatic rings. The van der Waals surface area contributed by atoms with Crippen molar-refractivity contribution in [3.8, 4) is 17.1 Å². The molecule has 0 saturated carbocycles. The highest BCUT2D eigenvalue weighted by molar-refractivity contribution is 5.93. The molecule has 1 amide bonds. The van der Waals surface area contributed by atoms with E-state index in [9.17, 15) is 18.0 Å². The van der Waals surface area contributed by atoms with E-state index in [0.717, 1.165) is 0 Å². The van der Waals surface area contributed by atoms with Crippen molar-refractivity contribution in [3.63, 3.8) is 0 Å². The highest BCUT2D eigenvalue weighted by Gasteiger charge is 2.31. The van der Waals surface area contributed by atoms with Gasteiger partial charge >= 0.3 is 6.36 Å². The van der Waals surface area contributed by atoms with Crippen LogP contribution in [0.2, 0.25) is 0 Å². The molecule has 0 aliphatic carbocycles. The number of nitrogens with two attached hydrogens (primary N) is 1. The summed E-state index contributed by atoms with van der Waals surface area (Å²) < 4.78 is 41.5. The molecular weight excluding hydrogens is 399 g/mol. The van der Waals surface area contributed by atoms with Crippen molar-refractivity contribution < 1.29 is 22.7 Å². The van der Waals surface area contributed by atoms with Crippen LogP contribution >= 0.6 is 0 Å². The minimum Gasteiger partial charge on any atom is -0.406 e. The maximum Gasteiger partial charge on any atom is 0.573 e. The van der Waals surface area contributed by atoms with Crippen LogP contribution in [0.3, 0.4) is 0 Å². The van der Waals surface area contributed by atoms with Crippen LogP contribution in [0.1, 0.15) is 36.3 Å². The van der Waals surface area contributed by atoms with Gasteiger partial charge in [0.05, 0.1) is 18.1 Å². The molecule has 3 rings (SSSR count). The van der Waals surface area contributed by atoms with Gasteiger partial charge in [0.1, 0.15) is 17.1 Å². The van der Waals surface area contributed by atoms with Crippen molar-refractivity contribution in [1.82, 2.24) is 20.3 Å². The molecule has 4 N–H and O–H groups in total. The van der Waals surface area contributed by atoms with Gasteiger partial charge in [-0.2, -0.15) is 0 Å². The number of hydrogen-bond acceptors (Lipinski definition) is 5. The lowest BCUT2D eigenvalue weighted by molar-refractivity contribution is -0.274. The number of aromatic amines is 1. The number of rotatable bonds is 6. The molecular formula is C20H22F3N5O2. The molecule has 0 aliphatic heterocycles. The lowest BCUT2D eigenvalue weighted by Crippen LogP contribution is -2.37. The molecule has 0 radical (unpaired) electrons. The normalized spacial score (nSPS) is 12.2. The summed E-state index contributed by atoms with van der Waals surface area (Å²) in [6, 6.07) is 4.02. The van der Waals surface area contributed by atoms with Gasteiger partial charge in [0.15, 0.2) is 0 Å². The first-order valence-electron chi connectivity index (χ1n) is 9.20. The molecule has 30 heavy (non-hydrogen) atoms. The molecule has 2 heterocycles. The van der Waals surface area contributed by atoms with Crippen LogP contribution in [0.5, 0.6) is 5.75 Å². The molecule has 0 unspecified atom stereocenters. The zero-order chi connectivity index (χ0) is 22.1. The maximum atomic E-state index is 12.5. The molecule has 0 atom stereocenters. The van der Waals surface area contributed by atoms with E-state index < -0.39 is 11.9 Å². The van der Waals surface area contributed by atoms with Gasteiger partial charge < -0.3 is 20.8 Å². The number of nitrogens with zero attached hydrogens (tertiary/aromatic N) is 2. The third kappa shape index (κ3) is 5.26. The first kappa shape index (κ1) is 21.6. The number of hydrogen-bond donors (Lipinski definition) is 3. The Bertz CT molecular complexity index is 1070. The molecule has 0 fully saturated rings. The third-order valence-electron chi connectivity index (χ3n) is 4.44. The third-order valence-corrected chi connectivity index (χ3v) is 4.44. The average molecular weight is 421 g/mol. The van der Waals surface area contributed by atoms with Crippen LogP contribution < -0.4 is 15.8 Å². The molecule has 0 spiro atoms. The van der Waals surface area contributed by atoms with Crippen LogP contribution in [-0.4, -0.2) is 39.3 Å². The lowest BCUT2D eigenvalue weighted by atomic mass is 10.0. The number of carbonyl (C=O) groups is 1. The summed E-state index contributed by atoms with van der Waals surface area (Å²) in [6.45, 7) is 5.86. The highest BCUT2D eigenvalue weighted by atomic mass is 19.4. The Morgan fingerprint density at radius 2 is 2.00 bits per heavy atom. The van der Waals surface area contributed by atoms with Gasteiger partial charge in [-0.3, -0.25) is 9.78 Å². The van der Waals surface area contributed by atoms with E-state index in [1.54, 1.807) is 6.92 Å². The van der Waals surface area contributed by atoms with Crippen LogP contribution in [0, 0.1) is 6.92 Å². The summed E-state index contributed by atoms with van der Waals surface area (Å²) in [7, 11) is 0. The van der Waals surface area contributed by atoms with E-state index in [-0.39, 0.29) is 17.4 Å². The summed E-state index contributed by atoms with van der Waals surface area (Å²) in [5.41, 5.74) is 7.85. The van der Waals surface area contributed by atoms with Crippen LogP contribution in [0.15, 0.2) is 30.6 Å². The van der Waals surface area contributed by atoms with Gasteiger partial charge in [0.25, 0.3) is 5.91 Å². The number of nitrogens with one attached hydrogen (secondary N) is 2. The highest BCUT2D eigenvalue weighted by Crippen LogP contribution is 2.32. The Labute approximate surface area is 170 Å². The fraction of sp³-hybridized carbons (Fsp3) is 0.350. The second kappa shape index (κ2) is 7.94. The largest absolute Gasteiger partial charge is 0.573 e. The summed E-state index contributed by atoms with van der Waals surface area (Å²) in [5, 5.41) is 3.30. The summed E-state index contributed by atoms with van der Waals surface area (Å²) in [5.74, 6) is -0.700. The van der Waals surface area contributed by atoms with Crippen LogP contribution in [0.25, 0.3) is 22.3 Å². The molecule has 0 bridgehead atoms. The Kier molecular flexibility index (Phi) is 5.71. The molecule has 10 heteroatoms. The number of ether oxygens (including phenoxy) is 1. The molecule has 1 aromatic carbocycles. The van der Waals surface area contributed by atoms with E-state index >= 15 is 0 Å². The van der Waals surface area contributed by atoms with E-state index in [1.807, 2.05) is 13.8 Å². The summed E-state index contributed by atoms with van der Waals surface area (Å²) in [6.07, 6.45) is -1.35. The maximum absolute atomic E-state index is 12.5. The number of fused-ring (bicyclic) bond motifs is 1. The number of halogens is 3. The van der Waals surface area contributed by atoms with Gasteiger partial charge in [-0.1, -0.05) is 0 Å². The Balaban J connectivity index is 1.86. The molecule has 2 aromatic heterocycles. The van der Waals surface area contributed by atoms with Crippen molar-refractivity contribution in [2.24, 2.45) is 5.73 Å². The summed E-state index contributed by atoms with van der Waals surface area (Å²) >= 11 is 0. The molecule has 7 nitrogen and oxygen atoms in total. The van der Waals surface area contributed by atoms with Gasteiger partial charge in [0.2, 0.25) is 0 Å². The molecule has 0 saturated heterocycles. The van der Waals surface area contributed by atoms with Crippen molar-refractivity contribution in [3.05, 3.63) is 41.9 Å². The Morgan fingerprint density at radius 1 is 1.27 bits per heavy atom. The minimum absolute atomic E-state index is 0.126. The van der Waals surface area contributed by atoms with Crippen LogP contribution in [0.4, 0.5) is 13.2 Å². The predicted molar refractivity (Wildman–Crippen MR) is 106 cm³/mol. The van der Waals surface area contributed by atoms with E-state index in [1.165, 1.54) is 30.6 Å². The quantitative estimate of drug-likeness (QED) is 0.563. The number of amides is 1. The first-order chi connectivity index (χ1) is 13.9. The number of benzene rings is 1. The topological polar surface area (TPSA) is 106 Å². The van der Waals surface area contributed by atoms with Crippen molar-refractivity contribution in [2.45, 2.75) is 39.1 Å². The average Bonchev–Trinajstić information content (AvgIpc) is 2.96. The van der Waals surface area contributed by atoms with Crippen LogP contribution in [-0.2, 0) is 0 Å². The van der Waals surface area contributed by atoms with Crippen molar-refractivity contribution >= 4 is 16.8 Å². The van der Waals surface area contributed by atoms with Gasteiger partial charge in [0, 0.05) is 23.0 Å². The number of aromatic nitrogens is 3. The van der Waals surface area contributed by atoms with Gasteiger partial charge in [-0.05, 0) is 51.0 Å². The second-order valence-electron chi connectivity index (χ2n) is 7.66. The number of H-pyrrole nitrogens is 1. The fourth-order valence-electron chi connectivity index (χ4n) is 2.94.